The van der Waals surface area contributed by atoms with Gasteiger partial charge in [0.15, 0.2) is 11.4 Å². The number of ketones is 1. The van der Waals surface area contributed by atoms with Crippen LogP contribution in [0.3, 0.4) is 0 Å². The van der Waals surface area contributed by atoms with E-state index in [-0.39, 0.29) is 12.2 Å². The van der Waals surface area contributed by atoms with Crippen LogP contribution in [-0.2, 0) is 16.9 Å². The lowest BCUT2D eigenvalue weighted by molar-refractivity contribution is -0.136. The van der Waals surface area contributed by atoms with E-state index in [2.05, 4.69) is 0 Å². The highest BCUT2D eigenvalue weighted by molar-refractivity contribution is 6.31. The Balaban J connectivity index is 1.74. The Kier molecular flexibility index (Phi) is 5.46. The first-order valence-corrected chi connectivity index (χ1v) is 10.6. The van der Waals surface area contributed by atoms with Gasteiger partial charge >= 0.3 is 0 Å². The number of hydrogen-bond acceptors (Lipinski definition) is 3. The van der Waals surface area contributed by atoms with E-state index in [1.54, 1.807) is 18.2 Å². The highest BCUT2D eigenvalue weighted by Crippen LogP contribution is 2.45. The summed E-state index contributed by atoms with van der Waals surface area (Å²) in [7, 11) is 0. The summed E-state index contributed by atoms with van der Waals surface area (Å²) in [6, 6.07) is 18.4. The van der Waals surface area contributed by atoms with Crippen molar-refractivity contribution in [3.05, 3.63) is 99.1 Å². The normalized spacial score (nSPS) is 17.7. The molecule has 4 rings (SSSR count). The summed E-state index contributed by atoms with van der Waals surface area (Å²) in [5.74, 6) is -0.775. The molecule has 158 valence electrons. The minimum atomic E-state index is -1.96. The molecule has 3 aromatic rings. The highest BCUT2D eigenvalue weighted by atomic mass is 35.5. The quantitative estimate of drug-likeness (QED) is 0.557. The van der Waals surface area contributed by atoms with E-state index in [0.29, 0.717) is 28.4 Å². The van der Waals surface area contributed by atoms with Crippen LogP contribution in [0.25, 0.3) is 0 Å². The average Bonchev–Trinajstić information content (AvgIpc) is 2.89. The number of fused-ring (bicyclic) bond motifs is 1. The van der Waals surface area contributed by atoms with Gasteiger partial charge in [-0.2, -0.15) is 0 Å². The summed E-state index contributed by atoms with van der Waals surface area (Å²) in [6.45, 7) is 6.02. The number of carbonyl (C=O) groups excluding carboxylic acids is 2. The van der Waals surface area contributed by atoms with Crippen LogP contribution in [-0.4, -0.2) is 16.8 Å². The van der Waals surface area contributed by atoms with Crippen LogP contribution < -0.4 is 4.90 Å². The number of aryl methyl sites for hydroxylation is 3. The number of nitrogens with zero attached hydrogens (tertiary/aromatic N) is 1. The van der Waals surface area contributed by atoms with Crippen LogP contribution in [0.1, 0.15) is 44.6 Å². The second-order valence-electron chi connectivity index (χ2n) is 8.27. The highest BCUT2D eigenvalue weighted by Gasteiger charge is 2.51. The molecule has 1 amide bonds. The van der Waals surface area contributed by atoms with Crippen molar-refractivity contribution >= 4 is 29.0 Å². The number of rotatable bonds is 5. The van der Waals surface area contributed by atoms with Crippen LogP contribution in [0.2, 0.25) is 5.02 Å². The number of anilines is 1. The standard InChI is InChI=1S/C26H24ClNO3/c1-16-11-17(2)24(18(3)12-16)23(29)14-26(31)21-13-20(27)9-10-22(21)28(25(26)30)15-19-7-5-4-6-8-19/h4-13,31H,14-15H2,1-3H3/t26-/m1/s1. The molecule has 1 N–H and O–H groups in total. The number of halogens is 1. The van der Waals surface area contributed by atoms with Gasteiger partial charge in [0.25, 0.3) is 5.91 Å². The smallest absolute Gasteiger partial charge is 0.264 e. The van der Waals surface area contributed by atoms with Crippen LogP contribution in [0.5, 0.6) is 0 Å². The van der Waals surface area contributed by atoms with Crippen molar-refractivity contribution in [2.24, 2.45) is 0 Å². The van der Waals surface area contributed by atoms with Gasteiger partial charge in [-0.15, -0.1) is 0 Å². The van der Waals surface area contributed by atoms with Crippen molar-refractivity contribution in [2.45, 2.75) is 39.3 Å². The molecule has 0 bridgehead atoms. The van der Waals surface area contributed by atoms with E-state index in [9.17, 15) is 14.7 Å². The molecule has 0 saturated carbocycles. The fourth-order valence-corrected chi connectivity index (χ4v) is 4.73. The molecule has 0 unspecified atom stereocenters. The molecule has 1 aliphatic rings. The lowest BCUT2D eigenvalue weighted by Crippen LogP contribution is -2.41. The minimum Gasteiger partial charge on any atom is -0.375 e. The fourth-order valence-electron chi connectivity index (χ4n) is 4.56. The first-order valence-electron chi connectivity index (χ1n) is 10.2. The topological polar surface area (TPSA) is 57.6 Å². The SMILES string of the molecule is Cc1cc(C)c(C(=O)C[C@]2(O)C(=O)N(Cc3ccccc3)c3ccc(Cl)cc32)c(C)c1. The molecule has 0 spiro atoms. The van der Waals surface area contributed by atoms with Gasteiger partial charge in [0.1, 0.15) is 0 Å². The zero-order valence-corrected chi connectivity index (χ0v) is 18.5. The zero-order chi connectivity index (χ0) is 22.3. The zero-order valence-electron chi connectivity index (χ0n) is 17.8. The summed E-state index contributed by atoms with van der Waals surface area (Å²) in [6.07, 6.45) is -0.338. The number of carbonyl (C=O) groups is 2. The van der Waals surface area contributed by atoms with Crippen LogP contribution in [0.15, 0.2) is 60.7 Å². The molecule has 0 fully saturated rings. The molecule has 1 aliphatic heterocycles. The summed E-state index contributed by atoms with van der Waals surface area (Å²) in [4.78, 5) is 28.3. The third kappa shape index (κ3) is 3.78. The van der Waals surface area contributed by atoms with Crippen molar-refractivity contribution in [3.63, 3.8) is 0 Å². The van der Waals surface area contributed by atoms with E-state index in [0.717, 1.165) is 22.3 Å². The Morgan fingerprint density at radius 3 is 2.29 bits per heavy atom. The third-order valence-corrected chi connectivity index (χ3v) is 6.08. The predicted octanol–water partition coefficient (Wildman–Crippen LogP) is 5.27. The Morgan fingerprint density at radius 1 is 1.00 bits per heavy atom. The molecule has 0 aromatic heterocycles. The van der Waals surface area contributed by atoms with Crippen molar-refractivity contribution in [1.29, 1.82) is 0 Å². The van der Waals surface area contributed by atoms with Gasteiger partial charge in [0, 0.05) is 16.1 Å². The average molecular weight is 434 g/mol. The monoisotopic (exact) mass is 433 g/mol. The third-order valence-electron chi connectivity index (χ3n) is 5.85. The molecule has 4 nitrogen and oxygen atoms in total. The van der Waals surface area contributed by atoms with Gasteiger partial charge in [0.05, 0.1) is 18.7 Å². The van der Waals surface area contributed by atoms with E-state index in [1.165, 1.54) is 4.90 Å². The van der Waals surface area contributed by atoms with Gasteiger partial charge in [-0.1, -0.05) is 59.6 Å². The van der Waals surface area contributed by atoms with Gasteiger partial charge in [0.2, 0.25) is 0 Å². The number of benzene rings is 3. The molecule has 0 saturated heterocycles. The second-order valence-corrected chi connectivity index (χ2v) is 8.71. The first-order chi connectivity index (χ1) is 14.7. The van der Waals surface area contributed by atoms with Crippen molar-refractivity contribution in [1.82, 2.24) is 0 Å². The lowest BCUT2D eigenvalue weighted by Gasteiger charge is -2.23. The lowest BCUT2D eigenvalue weighted by atomic mass is 9.85. The first kappa shape index (κ1) is 21.3. The van der Waals surface area contributed by atoms with Gasteiger partial charge in [-0.05, 0) is 55.7 Å². The molecule has 1 atom stereocenters. The van der Waals surface area contributed by atoms with Crippen molar-refractivity contribution in [3.8, 4) is 0 Å². The largest absolute Gasteiger partial charge is 0.375 e. The van der Waals surface area contributed by atoms with E-state index in [1.807, 2.05) is 63.2 Å². The molecule has 0 radical (unpaired) electrons. The molecule has 3 aromatic carbocycles. The Morgan fingerprint density at radius 2 is 1.65 bits per heavy atom. The van der Waals surface area contributed by atoms with Gasteiger partial charge in [-0.3, -0.25) is 9.59 Å². The van der Waals surface area contributed by atoms with E-state index >= 15 is 0 Å². The van der Waals surface area contributed by atoms with Crippen molar-refractivity contribution in [2.75, 3.05) is 4.90 Å². The molecular formula is C26H24ClNO3. The number of aliphatic hydroxyl groups is 1. The van der Waals surface area contributed by atoms with Crippen molar-refractivity contribution < 1.29 is 14.7 Å². The van der Waals surface area contributed by atoms with E-state index < -0.39 is 11.5 Å². The molecule has 1 heterocycles. The Hall–Kier alpha value is -2.95. The minimum absolute atomic E-state index is 0.265. The molecule has 0 aliphatic carbocycles. The fraction of sp³-hybridized carbons (Fsp3) is 0.231. The maximum atomic E-state index is 13.5. The maximum Gasteiger partial charge on any atom is 0.264 e. The van der Waals surface area contributed by atoms with Gasteiger partial charge < -0.3 is 10.0 Å². The summed E-state index contributed by atoms with van der Waals surface area (Å²) in [5.41, 5.74) is 3.20. The van der Waals surface area contributed by atoms with Gasteiger partial charge in [-0.25, -0.2) is 0 Å². The van der Waals surface area contributed by atoms with Crippen LogP contribution in [0, 0.1) is 20.8 Å². The Bertz CT molecular complexity index is 1170. The Labute approximate surface area is 187 Å². The second kappa shape index (κ2) is 7.95. The molecular weight excluding hydrogens is 410 g/mol. The van der Waals surface area contributed by atoms with E-state index in [4.69, 9.17) is 11.6 Å². The molecule has 31 heavy (non-hydrogen) atoms. The maximum absolute atomic E-state index is 13.5. The summed E-state index contributed by atoms with van der Waals surface area (Å²) in [5, 5.41) is 12.0. The predicted molar refractivity (Wildman–Crippen MR) is 123 cm³/mol. The summed E-state index contributed by atoms with van der Waals surface area (Å²) < 4.78 is 0. The number of hydrogen-bond donors (Lipinski definition) is 1. The summed E-state index contributed by atoms with van der Waals surface area (Å²) >= 11 is 6.20. The van der Waals surface area contributed by atoms with Crippen LogP contribution in [0.4, 0.5) is 5.69 Å². The molecule has 5 heteroatoms. The number of Topliss-reactive ketones (excluding diaryl/α,β-unsaturated/α-hetero) is 1. The number of amides is 1. The van der Waals surface area contributed by atoms with Crippen LogP contribution >= 0.6 is 11.6 Å².